The molecular weight excluding hydrogens is 500 g/mol. The van der Waals surface area contributed by atoms with Crippen molar-refractivity contribution in [3.63, 3.8) is 0 Å². The van der Waals surface area contributed by atoms with Crippen LogP contribution in [0.4, 0.5) is 0 Å². The Morgan fingerprint density at radius 1 is 1.11 bits per heavy atom. The fraction of sp³-hybridized carbons (Fsp3) is 0.400. The fourth-order valence-corrected chi connectivity index (χ4v) is 5.33. The molecule has 192 valence electrons. The van der Waals surface area contributed by atoms with Crippen molar-refractivity contribution in [2.45, 2.75) is 42.5 Å². The number of nitrogens with zero attached hydrogens (tertiary/aromatic N) is 3. The largest absolute Gasteiger partial charge is 0.378 e. The third-order valence-corrected chi connectivity index (χ3v) is 8.10. The zero-order valence-electron chi connectivity index (χ0n) is 20.8. The van der Waals surface area contributed by atoms with Crippen molar-refractivity contribution in [3.05, 3.63) is 59.5 Å². The number of sulfonamides is 1. The first-order valence-corrected chi connectivity index (χ1v) is 14.3. The molecule has 0 radical (unpaired) electrons. The van der Waals surface area contributed by atoms with Gasteiger partial charge < -0.3 is 14.2 Å². The minimum absolute atomic E-state index is 0.00517. The van der Waals surface area contributed by atoms with E-state index in [2.05, 4.69) is 35.6 Å². The highest BCUT2D eigenvalue weighted by atomic mass is 32.2. The standard InChI is InChI=1S/C25H30N4O5S2/c1-25(2,3)18-7-5-17(6-8-18)23-27-22(34-28-23)16-26-36(31,32)19-9-10-21(35-4)20(15-19)24(30)29-11-13-33-14-12-29/h5-10,15,26H,11-14,16H2,1-4H3. The molecule has 2 aromatic carbocycles. The van der Waals surface area contributed by atoms with E-state index in [1.54, 1.807) is 11.0 Å². The smallest absolute Gasteiger partial charge is 0.255 e. The van der Waals surface area contributed by atoms with E-state index in [0.717, 1.165) is 5.56 Å². The van der Waals surface area contributed by atoms with E-state index >= 15 is 0 Å². The lowest BCUT2D eigenvalue weighted by molar-refractivity contribution is 0.0300. The average Bonchev–Trinajstić information content (AvgIpc) is 3.36. The molecule has 4 rings (SSSR count). The van der Waals surface area contributed by atoms with Crippen LogP contribution in [0, 0.1) is 0 Å². The normalized spacial score (nSPS) is 14.7. The number of hydrogen-bond donors (Lipinski definition) is 1. The summed E-state index contributed by atoms with van der Waals surface area (Å²) in [6.07, 6.45) is 1.85. The van der Waals surface area contributed by atoms with Crippen LogP contribution in [0.2, 0.25) is 0 Å². The molecule has 0 saturated carbocycles. The predicted octanol–water partition coefficient (Wildman–Crippen LogP) is 3.71. The number of hydrogen-bond acceptors (Lipinski definition) is 8. The summed E-state index contributed by atoms with van der Waals surface area (Å²) >= 11 is 1.39. The summed E-state index contributed by atoms with van der Waals surface area (Å²) in [4.78, 5) is 19.8. The molecule has 1 N–H and O–H groups in total. The summed E-state index contributed by atoms with van der Waals surface area (Å²) < 4.78 is 39.1. The maximum absolute atomic E-state index is 13.1. The third-order valence-electron chi connectivity index (χ3n) is 5.90. The number of ether oxygens (including phenoxy) is 1. The van der Waals surface area contributed by atoms with Crippen molar-refractivity contribution in [1.29, 1.82) is 0 Å². The number of carbonyl (C=O) groups is 1. The number of thioether (sulfide) groups is 1. The summed E-state index contributed by atoms with van der Waals surface area (Å²) in [5, 5.41) is 3.98. The molecule has 0 unspecified atom stereocenters. The van der Waals surface area contributed by atoms with Gasteiger partial charge >= 0.3 is 0 Å². The van der Waals surface area contributed by atoms with E-state index in [9.17, 15) is 13.2 Å². The van der Waals surface area contributed by atoms with Crippen molar-refractivity contribution >= 4 is 27.7 Å². The van der Waals surface area contributed by atoms with Gasteiger partial charge in [0.05, 0.1) is 30.2 Å². The lowest BCUT2D eigenvalue weighted by atomic mass is 9.87. The molecule has 36 heavy (non-hydrogen) atoms. The molecule has 0 aliphatic carbocycles. The highest BCUT2D eigenvalue weighted by Gasteiger charge is 2.24. The molecular formula is C25H30N4O5S2. The predicted molar refractivity (Wildman–Crippen MR) is 137 cm³/mol. The number of nitrogens with one attached hydrogen (secondary N) is 1. The van der Waals surface area contributed by atoms with E-state index in [-0.39, 0.29) is 28.7 Å². The van der Waals surface area contributed by atoms with Gasteiger partial charge in [0.2, 0.25) is 21.7 Å². The van der Waals surface area contributed by atoms with Gasteiger partial charge in [-0.05, 0) is 35.4 Å². The number of rotatable bonds is 7. The molecule has 1 saturated heterocycles. The van der Waals surface area contributed by atoms with Gasteiger partial charge in [-0.2, -0.15) is 4.98 Å². The second-order valence-electron chi connectivity index (χ2n) is 9.43. The van der Waals surface area contributed by atoms with Gasteiger partial charge in [0, 0.05) is 23.5 Å². The zero-order chi connectivity index (χ0) is 25.9. The Morgan fingerprint density at radius 3 is 2.44 bits per heavy atom. The summed E-state index contributed by atoms with van der Waals surface area (Å²) in [6, 6.07) is 12.4. The molecule has 9 nitrogen and oxygen atoms in total. The van der Waals surface area contributed by atoms with Crippen LogP contribution in [-0.4, -0.2) is 61.9 Å². The second kappa shape index (κ2) is 10.7. The van der Waals surface area contributed by atoms with Crippen LogP contribution in [0.3, 0.4) is 0 Å². The van der Waals surface area contributed by atoms with Crippen molar-refractivity contribution in [2.24, 2.45) is 0 Å². The number of amides is 1. The van der Waals surface area contributed by atoms with Gasteiger partial charge in [-0.15, -0.1) is 11.8 Å². The van der Waals surface area contributed by atoms with E-state index in [1.165, 1.54) is 29.5 Å². The van der Waals surface area contributed by atoms with Gasteiger partial charge in [-0.25, -0.2) is 13.1 Å². The number of carbonyl (C=O) groups excluding carboxylic acids is 1. The molecule has 0 bridgehead atoms. The quantitative estimate of drug-likeness (QED) is 0.460. The lowest BCUT2D eigenvalue weighted by Crippen LogP contribution is -2.41. The van der Waals surface area contributed by atoms with E-state index in [4.69, 9.17) is 9.26 Å². The molecule has 1 aliphatic rings. The van der Waals surface area contributed by atoms with Crippen molar-refractivity contribution in [3.8, 4) is 11.4 Å². The van der Waals surface area contributed by atoms with Crippen LogP contribution < -0.4 is 4.72 Å². The Balaban J connectivity index is 1.48. The van der Waals surface area contributed by atoms with Gasteiger partial charge in [0.1, 0.15) is 0 Å². The van der Waals surface area contributed by atoms with Crippen LogP contribution in [0.25, 0.3) is 11.4 Å². The summed E-state index contributed by atoms with van der Waals surface area (Å²) in [5.74, 6) is 0.310. The van der Waals surface area contributed by atoms with Gasteiger partial charge in [0.15, 0.2) is 0 Å². The van der Waals surface area contributed by atoms with E-state index in [0.29, 0.717) is 42.6 Å². The molecule has 11 heteroatoms. The minimum atomic E-state index is -3.93. The Hall–Kier alpha value is -2.73. The van der Waals surface area contributed by atoms with E-state index in [1.807, 2.05) is 30.5 Å². The number of aromatic nitrogens is 2. The van der Waals surface area contributed by atoms with Gasteiger partial charge in [-0.1, -0.05) is 50.2 Å². The van der Waals surface area contributed by atoms with Crippen LogP contribution in [0.15, 0.2) is 56.8 Å². The first kappa shape index (κ1) is 26.3. The fourth-order valence-electron chi connectivity index (χ4n) is 3.76. The molecule has 1 fully saturated rings. The molecule has 2 heterocycles. The highest BCUT2D eigenvalue weighted by molar-refractivity contribution is 7.98. The molecule has 0 spiro atoms. The SMILES string of the molecule is CSc1ccc(S(=O)(=O)NCc2nc(-c3ccc(C(C)(C)C)cc3)no2)cc1C(=O)N1CCOCC1. The molecule has 1 aromatic heterocycles. The monoisotopic (exact) mass is 530 g/mol. The van der Waals surface area contributed by atoms with Crippen LogP contribution in [0.1, 0.15) is 42.6 Å². The summed E-state index contributed by atoms with van der Waals surface area (Å²) in [5.41, 5.74) is 2.34. The topological polar surface area (TPSA) is 115 Å². The Bertz CT molecular complexity index is 1330. The van der Waals surface area contributed by atoms with Crippen molar-refractivity contribution in [1.82, 2.24) is 19.8 Å². The lowest BCUT2D eigenvalue weighted by Gasteiger charge is -2.27. The first-order chi connectivity index (χ1) is 17.1. The van der Waals surface area contributed by atoms with Crippen molar-refractivity contribution in [2.75, 3.05) is 32.6 Å². The first-order valence-electron chi connectivity index (χ1n) is 11.6. The molecule has 3 aromatic rings. The molecule has 1 amide bonds. The minimum Gasteiger partial charge on any atom is -0.378 e. The van der Waals surface area contributed by atoms with Crippen LogP contribution in [0.5, 0.6) is 0 Å². The number of morpholine rings is 1. The summed E-state index contributed by atoms with van der Waals surface area (Å²) in [6.45, 7) is 8.11. The molecule has 0 atom stereocenters. The zero-order valence-corrected chi connectivity index (χ0v) is 22.4. The molecule has 1 aliphatic heterocycles. The van der Waals surface area contributed by atoms with Crippen LogP contribution >= 0.6 is 11.8 Å². The maximum atomic E-state index is 13.1. The van der Waals surface area contributed by atoms with Gasteiger partial charge in [0.25, 0.3) is 5.91 Å². The van der Waals surface area contributed by atoms with Crippen molar-refractivity contribution < 1.29 is 22.5 Å². The summed E-state index contributed by atoms with van der Waals surface area (Å²) in [7, 11) is -3.93. The maximum Gasteiger partial charge on any atom is 0.255 e. The number of benzene rings is 2. The van der Waals surface area contributed by atoms with Gasteiger partial charge in [-0.3, -0.25) is 4.79 Å². The Morgan fingerprint density at radius 2 is 1.81 bits per heavy atom. The highest BCUT2D eigenvalue weighted by Crippen LogP contribution is 2.27. The Kier molecular flexibility index (Phi) is 7.84. The van der Waals surface area contributed by atoms with E-state index < -0.39 is 10.0 Å². The average molecular weight is 531 g/mol. The van der Waals surface area contributed by atoms with Crippen LogP contribution in [-0.2, 0) is 26.7 Å². The third kappa shape index (κ3) is 5.97. The second-order valence-corrected chi connectivity index (χ2v) is 12.0. The Labute approximate surface area is 215 Å².